The van der Waals surface area contributed by atoms with E-state index in [0.717, 1.165) is 0 Å². The van der Waals surface area contributed by atoms with Crippen LogP contribution in [0.5, 0.6) is 0 Å². The molecule has 1 N–H and O–H groups in total. The van der Waals surface area contributed by atoms with E-state index in [1.54, 1.807) is 18.2 Å². The zero-order valence-electron chi connectivity index (χ0n) is 13.1. The second kappa shape index (κ2) is 6.80. The standard InChI is InChI=1S/C15H12N4O6S/c20-15-12-8-4-5-9-13(12)16-14(10-25-19(21)22)18(15)17-26(23,24)11-6-2-1-3-7-11/h1-9,17H,10H2. The van der Waals surface area contributed by atoms with Crippen LogP contribution in [0.3, 0.4) is 0 Å². The van der Waals surface area contributed by atoms with Crippen LogP contribution in [-0.2, 0) is 21.5 Å². The minimum atomic E-state index is -4.12. The molecular weight excluding hydrogens is 364 g/mol. The summed E-state index contributed by atoms with van der Waals surface area (Å²) < 4.78 is 25.6. The Labute approximate surface area is 146 Å². The Hall–Kier alpha value is -3.47. The summed E-state index contributed by atoms with van der Waals surface area (Å²) in [4.78, 5) is 33.5. The minimum absolute atomic E-state index is 0.0822. The highest BCUT2D eigenvalue weighted by atomic mass is 32.2. The van der Waals surface area contributed by atoms with Gasteiger partial charge in [0.2, 0.25) is 0 Å². The average Bonchev–Trinajstić information content (AvgIpc) is 2.63. The highest BCUT2D eigenvalue weighted by molar-refractivity contribution is 7.92. The van der Waals surface area contributed by atoms with Crippen molar-refractivity contribution in [3.05, 3.63) is 80.9 Å². The molecule has 0 radical (unpaired) electrons. The Morgan fingerprint density at radius 2 is 1.77 bits per heavy atom. The molecule has 10 nitrogen and oxygen atoms in total. The highest BCUT2D eigenvalue weighted by Gasteiger charge is 2.19. The Morgan fingerprint density at radius 3 is 2.46 bits per heavy atom. The predicted molar refractivity (Wildman–Crippen MR) is 90.8 cm³/mol. The monoisotopic (exact) mass is 376 g/mol. The molecule has 0 saturated carbocycles. The van der Waals surface area contributed by atoms with Crippen LogP contribution in [0.25, 0.3) is 10.9 Å². The fourth-order valence-corrected chi connectivity index (χ4v) is 3.30. The molecule has 26 heavy (non-hydrogen) atoms. The summed E-state index contributed by atoms with van der Waals surface area (Å²) in [5.74, 6) is -0.259. The molecular formula is C15H12N4O6S. The Bertz CT molecular complexity index is 1130. The molecule has 0 aliphatic rings. The van der Waals surface area contributed by atoms with E-state index in [2.05, 4.69) is 14.7 Å². The van der Waals surface area contributed by atoms with Crippen molar-refractivity contribution < 1.29 is 18.3 Å². The van der Waals surface area contributed by atoms with Crippen molar-refractivity contribution in [3.63, 3.8) is 0 Å². The first-order valence-electron chi connectivity index (χ1n) is 7.24. The third-order valence-electron chi connectivity index (χ3n) is 3.41. The molecule has 2 aromatic carbocycles. The van der Waals surface area contributed by atoms with Gasteiger partial charge in [-0.1, -0.05) is 30.3 Å². The highest BCUT2D eigenvalue weighted by Crippen LogP contribution is 2.11. The van der Waals surface area contributed by atoms with Crippen LogP contribution in [0.1, 0.15) is 5.82 Å². The average molecular weight is 376 g/mol. The van der Waals surface area contributed by atoms with Crippen molar-refractivity contribution in [2.24, 2.45) is 0 Å². The van der Waals surface area contributed by atoms with Crippen LogP contribution in [0.15, 0.2) is 64.3 Å². The predicted octanol–water partition coefficient (Wildman–Crippen LogP) is 1.04. The molecule has 0 aliphatic heterocycles. The summed E-state index contributed by atoms with van der Waals surface area (Å²) in [6.07, 6.45) is 0. The van der Waals surface area contributed by atoms with Gasteiger partial charge in [-0.3, -0.25) is 4.79 Å². The fourth-order valence-electron chi connectivity index (χ4n) is 2.25. The maximum Gasteiger partial charge on any atom is 0.294 e. The largest absolute Gasteiger partial charge is 0.306 e. The van der Waals surface area contributed by atoms with Gasteiger partial charge in [0.15, 0.2) is 12.4 Å². The number of aromatic nitrogens is 2. The first-order valence-corrected chi connectivity index (χ1v) is 8.72. The van der Waals surface area contributed by atoms with E-state index in [1.165, 1.54) is 36.4 Å². The molecule has 0 bridgehead atoms. The SMILES string of the molecule is O=c1c2ccccc2nc(CO[N+](=O)[O-])n1NS(=O)(=O)c1ccccc1. The summed E-state index contributed by atoms with van der Waals surface area (Å²) in [5.41, 5.74) is -0.466. The Morgan fingerprint density at radius 1 is 1.12 bits per heavy atom. The van der Waals surface area contributed by atoms with Gasteiger partial charge in [-0.25, -0.2) is 9.82 Å². The smallest absolute Gasteiger partial charge is 0.294 e. The number of fused-ring (bicyclic) bond motifs is 1. The van der Waals surface area contributed by atoms with Gasteiger partial charge in [-0.2, -0.15) is 13.1 Å². The van der Waals surface area contributed by atoms with Crippen LogP contribution in [0.4, 0.5) is 0 Å². The molecule has 0 aliphatic carbocycles. The molecule has 1 aromatic heterocycles. The van der Waals surface area contributed by atoms with Crippen LogP contribution in [0.2, 0.25) is 0 Å². The molecule has 3 aromatic rings. The van der Waals surface area contributed by atoms with Crippen LogP contribution < -0.4 is 10.4 Å². The number of rotatable bonds is 6. The summed E-state index contributed by atoms with van der Waals surface area (Å²) in [5, 5.41) is 9.56. The number of hydrogen-bond acceptors (Lipinski definition) is 7. The second-order valence-corrected chi connectivity index (χ2v) is 6.75. The van der Waals surface area contributed by atoms with Gasteiger partial charge < -0.3 is 4.84 Å². The van der Waals surface area contributed by atoms with Gasteiger partial charge >= 0.3 is 0 Å². The van der Waals surface area contributed by atoms with Gasteiger partial charge in [0.25, 0.3) is 20.7 Å². The molecule has 134 valence electrons. The lowest BCUT2D eigenvalue weighted by Crippen LogP contribution is -2.36. The lowest BCUT2D eigenvalue weighted by molar-refractivity contribution is -0.763. The topological polar surface area (TPSA) is 133 Å². The van der Waals surface area contributed by atoms with Crippen molar-refractivity contribution in [2.45, 2.75) is 11.5 Å². The maximum absolute atomic E-state index is 12.7. The van der Waals surface area contributed by atoms with Gasteiger partial charge in [-0.15, -0.1) is 10.1 Å². The molecule has 0 fully saturated rings. The van der Waals surface area contributed by atoms with Crippen molar-refractivity contribution >= 4 is 20.9 Å². The number of hydrogen-bond donors (Lipinski definition) is 1. The zero-order valence-corrected chi connectivity index (χ0v) is 13.9. The zero-order chi connectivity index (χ0) is 18.7. The summed E-state index contributed by atoms with van der Waals surface area (Å²) in [7, 11) is -4.12. The van der Waals surface area contributed by atoms with E-state index in [-0.39, 0.29) is 21.6 Å². The molecule has 0 atom stereocenters. The van der Waals surface area contributed by atoms with Crippen LogP contribution in [0, 0.1) is 10.1 Å². The molecule has 0 amide bonds. The number of nitrogens with zero attached hydrogens (tertiary/aromatic N) is 3. The fraction of sp³-hybridized carbons (Fsp3) is 0.0667. The number of nitrogens with one attached hydrogen (secondary N) is 1. The van der Waals surface area contributed by atoms with E-state index >= 15 is 0 Å². The maximum atomic E-state index is 12.7. The van der Waals surface area contributed by atoms with Crippen molar-refractivity contribution in [1.82, 2.24) is 9.66 Å². The molecule has 1 heterocycles. The Kier molecular flexibility index (Phi) is 4.54. The van der Waals surface area contributed by atoms with E-state index < -0.39 is 27.3 Å². The second-order valence-electron chi connectivity index (χ2n) is 5.09. The van der Waals surface area contributed by atoms with E-state index in [0.29, 0.717) is 4.68 Å². The molecule has 3 rings (SSSR count). The first-order chi connectivity index (χ1) is 12.4. The lowest BCUT2D eigenvalue weighted by atomic mass is 10.2. The third-order valence-corrected chi connectivity index (χ3v) is 4.72. The minimum Gasteiger partial charge on any atom is -0.306 e. The molecule has 0 saturated heterocycles. The van der Waals surface area contributed by atoms with Gasteiger partial charge in [-0.05, 0) is 24.3 Å². The van der Waals surface area contributed by atoms with E-state index in [4.69, 9.17) is 0 Å². The van der Waals surface area contributed by atoms with Crippen molar-refractivity contribution in [3.8, 4) is 0 Å². The summed E-state index contributed by atoms with van der Waals surface area (Å²) in [6, 6.07) is 13.6. The summed E-state index contributed by atoms with van der Waals surface area (Å²) in [6.45, 7) is -0.704. The van der Waals surface area contributed by atoms with Crippen molar-refractivity contribution in [1.29, 1.82) is 0 Å². The van der Waals surface area contributed by atoms with Crippen LogP contribution in [-0.4, -0.2) is 23.2 Å². The normalized spacial score (nSPS) is 11.2. The molecule has 0 spiro atoms. The number of para-hydroxylation sites is 1. The first kappa shape index (κ1) is 17.4. The number of benzene rings is 2. The molecule has 11 heteroatoms. The molecule has 0 unspecified atom stereocenters. The summed E-state index contributed by atoms with van der Waals surface area (Å²) >= 11 is 0. The quantitative estimate of drug-likeness (QED) is 0.502. The van der Waals surface area contributed by atoms with Gasteiger partial charge in [0, 0.05) is 0 Å². The van der Waals surface area contributed by atoms with Crippen LogP contribution >= 0.6 is 0 Å². The third kappa shape index (κ3) is 3.47. The van der Waals surface area contributed by atoms with E-state index in [9.17, 15) is 23.3 Å². The van der Waals surface area contributed by atoms with Gasteiger partial charge in [0.1, 0.15) is 0 Å². The Balaban J connectivity index is 2.13. The van der Waals surface area contributed by atoms with E-state index in [1.807, 2.05) is 0 Å². The van der Waals surface area contributed by atoms with Gasteiger partial charge in [0.05, 0.1) is 15.8 Å². The van der Waals surface area contributed by atoms with Crippen molar-refractivity contribution in [2.75, 3.05) is 4.83 Å². The number of sulfonamides is 1. The lowest BCUT2D eigenvalue weighted by Gasteiger charge is -2.15.